The molecule has 2 amide bonds. The highest BCUT2D eigenvalue weighted by atomic mass is 79.9. The number of benzene rings is 3. The maximum absolute atomic E-state index is 13.0. The Kier molecular flexibility index (Phi) is 8.67. The van der Waals surface area contributed by atoms with Crippen LogP contribution in [0.25, 0.3) is 0 Å². The molecule has 0 N–H and O–H groups in total. The molecule has 0 aromatic heterocycles. The van der Waals surface area contributed by atoms with Crippen molar-refractivity contribution in [1.29, 1.82) is 0 Å². The van der Waals surface area contributed by atoms with E-state index in [1.54, 1.807) is 50.4 Å². The van der Waals surface area contributed by atoms with Crippen molar-refractivity contribution in [2.45, 2.75) is 31.3 Å². The van der Waals surface area contributed by atoms with Gasteiger partial charge in [-0.15, -0.1) is 0 Å². The standard InChI is InChI=1S/C28H27BrCl2N2O4/c1-32(16-18-7-8-20(29)14-26(18)37-23-9-10-24(30)25(31)15-23)27(34)28(35)33(2)21-11-19(12-21)17-5-4-6-22(13-17)36-3/h4-10,13-15,19,21H,11-12,16H2,1-3H3. The lowest BCUT2D eigenvalue weighted by molar-refractivity contribution is -0.152. The van der Waals surface area contributed by atoms with Crippen LogP contribution < -0.4 is 9.47 Å². The van der Waals surface area contributed by atoms with Crippen LogP contribution >= 0.6 is 39.1 Å². The zero-order valence-electron chi connectivity index (χ0n) is 20.7. The van der Waals surface area contributed by atoms with Crippen LogP contribution in [0, 0.1) is 0 Å². The molecule has 0 aliphatic heterocycles. The predicted octanol–water partition coefficient (Wildman–Crippen LogP) is 6.92. The molecule has 1 saturated carbocycles. The molecule has 9 heteroatoms. The largest absolute Gasteiger partial charge is 0.497 e. The fourth-order valence-electron chi connectivity index (χ4n) is 4.30. The Hall–Kier alpha value is -2.74. The molecule has 0 heterocycles. The van der Waals surface area contributed by atoms with Crippen LogP contribution in [0.15, 0.2) is 65.1 Å². The molecule has 1 fully saturated rings. The van der Waals surface area contributed by atoms with Gasteiger partial charge in [-0.3, -0.25) is 9.59 Å². The van der Waals surface area contributed by atoms with E-state index in [-0.39, 0.29) is 12.6 Å². The molecule has 3 aromatic carbocycles. The first kappa shape index (κ1) is 27.3. The number of ether oxygens (including phenoxy) is 2. The third-order valence-corrected chi connectivity index (χ3v) is 7.86. The van der Waals surface area contributed by atoms with E-state index in [1.165, 1.54) is 10.5 Å². The average molecular weight is 606 g/mol. The predicted molar refractivity (Wildman–Crippen MR) is 149 cm³/mol. The molecule has 0 saturated heterocycles. The van der Waals surface area contributed by atoms with E-state index in [9.17, 15) is 9.59 Å². The lowest BCUT2D eigenvalue weighted by atomic mass is 9.75. The molecular weight excluding hydrogens is 579 g/mol. The van der Waals surface area contributed by atoms with Crippen LogP contribution in [0.3, 0.4) is 0 Å². The van der Waals surface area contributed by atoms with Crippen molar-refractivity contribution >= 4 is 50.9 Å². The van der Waals surface area contributed by atoms with E-state index in [1.807, 2.05) is 30.3 Å². The Balaban J connectivity index is 1.38. The van der Waals surface area contributed by atoms with Gasteiger partial charge in [-0.2, -0.15) is 0 Å². The Morgan fingerprint density at radius 3 is 2.41 bits per heavy atom. The van der Waals surface area contributed by atoms with Gasteiger partial charge in [-0.05, 0) is 60.7 Å². The molecule has 37 heavy (non-hydrogen) atoms. The van der Waals surface area contributed by atoms with Gasteiger partial charge in [0.25, 0.3) is 0 Å². The minimum Gasteiger partial charge on any atom is -0.497 e. The summed E-state index contributed by atoms with van der Waals surface area (Å²) in [5.74, 6) is 1.10. The summed E-state index contributed by atoms with van der Waals surface area (Å²) < 4.78 is 12.2. The monoisotopic (exact) mass is 604 g/mol. The summed E-state index contributed by atoms with van der Waals surface area (Å²) in [6.45, 7) is 0.194. The van der Waals surface area contributed by atoms with Gasteiger partial charge in [0.1, 0.15) is 17.2 Å². The molecular formula is C28H27BrCl2N2O4. The normalized spacial score (nSPS) is 16.5. The van der Waals surface area contributed by atoms with Crippen LogP contribution in [0.2, 0.25) is 10.0 Å². The van der Waals surface area contributed by atoms with Gasteiger partial charge in [-0.25, -0.2) is 0 Å². The van der Waals surface area contributed by atoms with Gasteiger partial charge in [0.05, 0.1) is 17.2 Å². The second-order valence-corrected chi connectivity index (χ2v) is 10.8. The van der Waals surface area contributed by atoms with Gasteiger partial charge in [-0.1, -0.05) is 57.3 Å². The van der Waals surface area contributed by atoms with Crippen molar-refractivity contribution in [3.8, 4) is 17.2 Å². The highest BCUT2D eigenvalue weighted by Crippen LogP contribution is 2.40. The van der Waals surface area contributed by atoms with Crippen LogP contribution in [-0.4, -0.2) is 48.9 Å². The Morgan fingerprint density at radius 1 is 0.946 bits per heavy atom. The second kappa shape index (κ2) is 11.8. The Morgan fingerprint density at radius 2 is 1.70 bits per heavy atom. The number of hydrogen-bond acceptors (Lipinski definition) is 4. The maximum atomic E-state index is 13.0. The molecule has 0 atom stereocenters. The van der Waals surface area contributed by atoms with Crippen LogP contribution in [-0.2, 0) is 16.1 Å². The zero-order chi connectivity index (χ0) is 26.7. The number of likely N-dealkylation sites (N-methyl/N-ethyl adjacent to an activating group) is 2. The van der Waals surface area contributed by atoms with E-state index >= 15 is 0 Å². The molecule has 0 unspecified atom stereocenters. The average Bonchev–Trinajstić information content (AvgIpc) is 2.86. The molecule has 3 aromatic rings. The summed E-state index contributed by atoms with van der Waals surface area (Å²) in [7, 11) is 4.95. The van der Waals surface area contributed by atoms with Crippen molar-refractivity contribution < 1.29 is 19.1 Å². The Labute approximate surface area is 235 Å². The number of carbonyl (C=O) groups is 2. The van der Waals surface area contributed by atoms with E-state index in [4.69, 9.17) is 32.7 Å². The second-order valence-electron chi connectivity index (χ2n) is 9.11. The number of carbonyl (C=O) groups excluding carboxylic acids is 2. The van der Waals surface area contributed by atoms with Gasteiger partial charge in [0, 0.05) is 42.8 Å². The van der Waals surface area contributed by atoms with E-state index in [2.05, 4.69) is 22.0 Å². The van der Waals surface area contributed by atoms with Crippen LogP contribution in [0.5, 0.6) is 17.2 Å². The summed E-state index contributed by atoms with van der Waals surface area (Å²) in [6.07, 6.45) is 1.61. The summed E-state index contributed by atoms with van der Waals surface area (Å²) >= 11 is 15.6. The van der Waals surface area contributed by atoms with Crippen molar-refractivity contribution in [3.63, 3.8) is 0 Å². The first-order chi connectivity index (χ1) is 17.7. The third-order valence-electron chi connectivity index (χ3n) is 6.63. The van der Waals surface area contributed by atoms with E-state index in [0.717, 1.165) is 28.6 Å². The summed E-state index contributed by atoms with van der Waals surface area (Å²) in [5.41, 5.74) is 1.92. The lowest BCUT2D eigenvalue weighted by Gasteiger charge is -2.41. The van der Waals surface area contributed by atoms with Gasteiger partial charge in [0.15, 0.2) is 0 Å². The fourth-order valence-corrected chi connectivity index (χ4v) is 4.93. The quantitative estimate of drug-likeness (QED) is 0.274. The number of nitrogens with zero attached hydrogens (tertiary/aromatic N) is 2. The Bertz CT molecular complexity index is 1310. The molecule has 194 valence electrons. The minimum atomic E-state index is -0.573. The van der Waals surface area contributed by atoms with Crippen molar-refractivity contribution in [2.75, 3.05) is 21.2 Å². The molecule has 1 aliphatic rings. The van der Waals surface area contributed by atoms with Gasteiger partial charge in [0.2, 0.25) is 0 Å². The number of hydrogen-bond donors (Lipinski definition) is 0. The minimum absolute atomic E-state index is 0.0160. The van der Waals surface area contributed by atoms with Gasteiger partial charge >= 0.3 is 11.8 Å². The van der Waals surface area contributed by atoms with Gasteiger partial charge < -0.3 is 19.3 Å². The van der Waals surface area contributed by atoms with Crippen molar-refractivity contribution in [2.24, 2.45) is 0 Å². The first-order valence-corrected chi connectivity index (χ1v) is 13.3. The van der Waals surface area contributed by atoms with Crippen LogP contribution in [0.1, 0.15) is 29.9 Å². The molecule has 6 nitrogen and oxygen atoms in total. The van der Waals surface area contributed by atoms with Crippen molar-refractivity contribution in [3.05, 3.63) is 86.3 Å². The maximum Gasteiger partial charge on any atom is 0.312 e. The van der Waals surface area contributed by atoms with Crippen molar-refractivity contribution in [1.82, 2.24) is 9.80 Å². The molecule has 4 rings (SSSR count). The lowest BCUT2D eigenvalue weighted by Crippen LogP contribution is -2.50. The number of halogens is 3. The summed E-state index contributed by atoms with van der Waals surface area (Å²) in [6, 6.07) is 18.5. The number of methoxy groups -OCH3 is 1. The summed E-state index contributed by atoms with van der Waals surface area (Å²) in [5, 5.41) is 0.805. The van der Waals surface area contributed by atoms with E-state index < -0.39 is 11.8 Å². The SMILES string of the molecule is COc1cccc(C2CC(N(C)C(=O)C(=O)N(C)Cc3ccc(Br)cc3Oc3ccc(Cl)c(Cl)c3)C2)c1. The molecule has 1 aliphatic carbocycles. The molecule has 0 radical (unpaired) electrons. The summed E-state index contributed by atoms with van der Waals surface area (Å²) in [4.78, 5) is 29.0. The zero-order valence-corrected chi connectivity index (χ0v) is 23.8. The van der Waals surface area contributed by atoms with Crippen LogP contribution in [0.4, 0.5) is 0 Å². The fraction of sp³-hybridized carbons (Fsp3) is 0.286. The molecule has 0 spiro atoms. The first-order valence-electron chi connectivity index (χ1n) is 11.7. The number of amides is 2. The third kappa shape index (κ3) is 6.40. The smallest absolute Gasteiger partial charge is 0.312 e. The van der Waals surface area contributed by atoms with E-state index in [0.29, 0.717) is 27.5 Å². The highest BCUT2D eigenvalue weighted by Gasteiger charge is 2.37. The number of rotatable bonds is 7. The molecule has 0 bridgehead atoms. The topological polar surface area (TPSA) is 59.1 Å². The highest BCUT2D eigenvalue weighted by molar-refractivity contribution is 9.10.